The summed E-state index contributed by atoms with van der Waals surface area (Å²) in [6, 6.07) is 2.10. The molecular weight excluding hydrogens is 288 g/mol. The highest BCUT2D eigenvalue weighted by atomic mass is 79.9. The summed E-state index contributed by atoms with van der Waals surface area (Å²) >= 11 is 2.92. The molecule has 0 aliphatic heterocycles. The number of Topliss-reactive ketones (excluding diaryl/α,β-unsaturated/α-hetero) is 1. The first-order valence-electron chi connectivity index (χ1n) is 4.11. The van der Waals surface area contributed by atoms with Crippen molar-refractivity contribution < 1.29 is 18.5 Å². The SMILES string of the molecule is CC(=O)c1cc(Br)cc(C(F)F)c1[N+](=O)[O-]. The Morgan fingerprint density at radius 3 is 2.44 bits per heavy atom. The van der Waals surface area contributed by atoms with Gasteiger partial charge in [0.1, 0.15) is 0 Å². The van der Waals surface area contributed by atoms with Gasteiger partial charge in [0.2, 0.25) is 0 Å². The lowest BCUT2D eigenvalue weighted by Crippen LogP contribution is -2.04. The predicted molar refractivity (Wildman–Crippen MR) is 55.8 cm³/mol. The van der Waals surface area contributed by atoms with Gasteiger partial charge in [-0.3, -0.25) is 14.9 Å². The Hall–Kier alpha value is -1.37. The summed E-state index contributed by atoms with van der Waals surface area (Å²) in [5.74, 6) is -0.630. The van der Waals surface area contributed by atoms with Crippen LogP contribution in [-0.2, 0) is 0 Å². The molecule has 0 heterocycles. The molecule has 0 unspecified atom stereocenters. The van der Waals surface area contributed by atoms with Crippen molar-refractivity contribution in [1.82, 2.24) is 0 Å². The van der Waals surface area contributed by atoms with Crippen molar-refractivity contribution in [3.8, 4) is 0 Å². The molecule has 1 rings (SSSR count). The smallest absolute Gasteiger partial charge is 0.289 e. The van der Waals surface area contributed by atoms with Gasteiger partial charge < -0.3 is 0 Å². The number of hydrogen-bond donors (Lipinski definition) is 0. The number of ketones is 1. The normalized spacial score (nSPS) is 10.6. The summed E-state index contributed by atoms with van der Waals surface area (Å²) in [5, 5.41) is 10.7. The monoisotopic (exact) mass is 293 g/mol. The maximum absolute atomic E-state index is 12.6. The van der Waals surface area contributed by atoms with Crippen LogP contribution in [0.4, 0.5) is 14.5 Å². The maximum atomic E-state index is 12.6. The lowest BCUT2D eigenvalue weighted by Gasteiger charge is -2.06. The Morgan fingerprint density at radius 1 is 1.50 bits per heavy atom. The van der Waals surface area contributed by atoms with E-state index >= 15 is 0 Å². The van der Waals surface area contributed by atoms with Crippen molar-refractivity contribution in [1.29, 1.82) is 0 Å². The predicted octanol–water partition coefficient (Wildman–Crippen LogP) is 3.50. The number of halogens is 3. The fourth-order valence-corrected chi connectivity index (χ4v) is 1.73. The molecule has 0 bridgehead atoms. The van der Waals surface area contributed by atoms with Gasteiger partial charge in [0.05, 0.1) is 16.1 Å². The molecule has 0 amide bonds. The highest BCUT2D eigenvalue weighted by molar-refractivity contribution is 9.10. The van der Waals surface area contributed by atoms with Crippen LogP contribution in [0.1, 0.15) is 29.3 Å². The molecule has 0 saturated carbocycles. The van der Waals surface area contributed by atoms with Crippen LogP contribution in [0.15, 0.2) is 16.6 Å². The third-order valence-electron chi connectivity index (χ3n) is 1.90. The van der Waals surface area contributed by atoms with E-state index in [0.717, 1.165) is 19.1 Å². The molecule has 0 atom stereocenters. The molecule has 0 N–H and O–H groups in total. The molecule has 0 radical (unpaired) electrons. The third-order valence-corrected chi connectivity index (χ3v) is 2.36. The molecule has 0 aromatic heterocycles. The van der Waals surface area contributed by atoms with Crippen molar-refractivity contribution in [2.75, 3.05) is 0 Å². The van der Waals surface area contributed by atoms with Crippen LogP contribution >= 0.6 is 15.9 Å². The molecule has 1 aromatic rings. The minimum Gasteiger partial charge on any atom is -0.294 e. The van der Waals surface area contributed by atoms with Gasteiger partial charge in [0.15, 0.2) is 5.78 Å². The summed E-state index contributed by atoms with van der Waals surface area (Å²) in [4.78, 5) is 20.8. The van der Waals surface area contributed by atoms with E-state index in [-0.39, 0.29) is 10.0 Å². The van der Waals surface area contributed by atoms with Crippen LogP contribution in [0.5, 0.6) is 0 Å². The lowest BCUT2D eigenvalue weighted by atomic mass is 10.0. The quantitative estimate of drug-likeness (QED) is 0.487. The number of alkyl halides is 2. The second-order valence-corrected chi connectivity index (χ2v) is 3.92. The van der Waals surface area contributed by atoms with E-state index in [2.05, 4.69) is 15.9 Å². The Kier molecular flexibility index (Phi) is 3.69. The minimum atomic E-state index is -3.00. The average Bonchev–Trinajstić information content (AvgIpc) is 2.15. The molecular formula is C9H6BrF2NO3. The van der Waals surface area contributed by atoms with E-state index in [1.165, 1.54) is 0 Å². The molecule has 0 spiro atoms. The molecule has 1 aromatic carbocycles. The summed E-state index contributed by atoms with van der Waals surface area (Å²) in [6.45, 7) is 1.09. The van der Waals surface area contributed by atoms with E-state index in [0.29, 0.717) is 0 Å². The van der Waals surface area contributed by atoms with E-state index in [4.69, 9.17) is 0 Å². The molecule has 0 fully saturated rings. The van der Waals surface area contributed by atoms with E-state index in [1.807, 2.05) is 0 Å². The third kappa shape index (κ3) is 2.41. The highest BCUT2D eigenvalue weighted by Crippen LogP contribution is 2.35. The molecule has 0 saturated heterocycles. The zero-order chi connectivity index (χ0) is 12.5. The zero-order valence-electron chi connectivity index (χ0n) is 8.04. The van der Waals surface area contributed by atoms with Crippen LogP contribution in [0.2, 0.25) is 0 Å². The van der Waals surface area contributed by atoms with Crippen LogP contribution < -0.4 is 0 Å². The van der Waals surface area contributed by atoms with E-state index in [9.17, 15) is 23.7 Å². The molecule has 7 heteroatoms. The van der Waals surface area contributed by atoms with Crippen molar-refractivity contribution in [2.24, 2.45) is 0 Å². The topological polar surface area (TPSA) is 60.2 Å². The highest BCUT2D eigenvalue weighted by Gasteiger charge is 2.28. The first kappa shape index (κ1) is 12.7. The Morgan fingerprint density at radius 2 is 2.06 bits per heavy atom. The largest absolute Gasteiger partial charge is 0.294 e. The van der Waals surface area contributed by atoms with Crippen molar-refractivity contribution >= 4 is 27.4 Å². The van der Waals surface area contributed by atoms with Gasteiger partial charge in [-0.2, -0.15) is 0 Å². The molecule has 4 nitrogen and oxygen atoms in total. The Balaban J connectivity index is 3.60. The minimum absolute atomic E-state index is 0.207. The van der Waals surface area contributed by atoms with Crippen LogP contribution in [0.25, 0.3) is 0 Å². The van der Waals surface area contributed by atoms with Gasteiger partial charge in [-0.05, 0) is 19.1 Å². The second-order valence-electron chi connectivity index (χ2n) is 3.01. The number of nitro groups is 1. The number of carbonyl (C=O) groups is 1. The lowest BCUT2D eigenvalue weighted by molar-refractivity contribution is -0.386. The zero-order valence-corrected chi connectivity index (χ0v) is 9.62. The summed E-state index contributed by atoms with van der Waals surface area (Å²) in [5.41, 5.74) is -1.91. The van der Waals surface area contributed by atoms with Gasteiger partial charge in [0.25, 0.3) is 12.1 Å². The standard InChI is InChI=1S/C9H6BrF2NO3/c1-4(14)6-2-5(10)3-7(9(11)12)8(6)13(15)16/h2-3,9H,1H3. The van der Waals surface area contributed by atoms with Gasteiger partial charge in [-0.25, -0.2) is 8.78 Å². The second kappa shape index (κ2) is 4.65. The number of nitro benzene ring substituents is 1. The number of nitrogens with zero attached hydrogens (tertiary/aromatic N) is 1. The maximum Gasteiger partial charge on any atom is 0.289 e. The van der Waals surface area contributed by atoms with Crippen molar-refractivity contribution in [2.45, 2.75) is 13.3 Å². The van der Waals surface area contributed by atoms with Crippen LogP contribution in [0, 0.1) is 10.1 Å². The van der Waals surface area contributed by atoms with Gasteiger partial charge >= 0.3 is 0 Å². The van der Waals surface area contributed by atoms with E-state index < -0.39 is 28.4 Å². The van der Waals surface area contributed by atoms with Crippen molar-refractivity contribution in [3.63, 3.8) is 0 Å². The average molecular weight is 294 g/mol. The first-order valence-corrected chi connectivity index (χ1v) is 4.90. The molecule has 16 heavy (non-hydrogen) atoms. The fourth-order valence-electron chi connectivity index (χ4n) is 1.26. The van der Waals surface area contributed by atoms with Gasteiger partial charge in [-0.1, -0.05) is 15.9 Å². The summed E-state index contributed by atoms with van der Waals surface area (Å²) in [7, 11) is 0. The summed E-state index contributed by atoms with van der Waals surface area (Å²) in [6.07, 6.45) is -3.00. The van der Waals surface area contributed by atoms with Crippen LogP contribution in [-0.4, -0.2) is 10.7 Å². The Labute approximate surface area is 97.5 Å². The van der Waals surface area contributed by atoms with Gasteiger partial charge in [-0.15, -0.1) is 0 Å². The number of carbonyl (C=O) groups excluding carboxylic acids is 1. The van der Waals surface area contributed by atoms with Crippen molar-refractivity contribution in [3.05, 3.63) is 37.8 Å². The van der Waals surface area contributed by atoms with Crippen LogP contribution in [0.3, 0.4) is 0 Å². The summed E-state index contributed by atoms with van der Waals surface area (Å²) < 4.78 is 25.4. The van der Waals surface area contributed by atoms with E-state index in [1.54, 1.807) is 0 Å². The molecule has 0 aliphatic carbocycles. The first-order chi connectivity index (χ1) is 7.34. The fraction of sp³-hybridized carbons (Fsp3) is 0.222. The van der Waals surface area contributed by atoms with Gasteiger partial charge in [0, 0.05) is 4.47 Å². The number of rotatable bonds is 3. The Bertz CT molecular complexity index is 462. The number of hydrogen-bond acceptors (Lipinski definition) is 3. The molecule has 86 valence electrons. The number of benzene rings is 1. The molecule has 0 aliphatic rings.